The summed E-state index contributed by atoms with van der Waals surface area (Å²) in [6.07, 6.45) is 0. The number of rotatable bonds is 6. The molecule has 2 aromatic carbocycles. The molecule has 1 aromatic heterocycles. The molecule has 5 nitrogen and oxygen atoms in total. The zero-order valence-corrected chi connectivity index (χ0v) is 16.6. The minimum absolute atomic E-state index is 0.589. The third-order valence-corrected chi connectivity index (χ3v) is 4.63. The normalized spacial score (nSPS) is 10.5. The van der Waals surface area contributed by atoms with Gasteiger partial charge in [0.15, 0.2) is 5.11 Å². The van der Waals surface area contributed by atoms with E-state index in [1.165, 1.54) is 5.56 Å². The Labute approximate surface area is 165 Å². The van der Waals surface area contributed by atoms with Gasteiger partial charge < -0.3 is 15.4 Å². The molecule has 0 aliphatic rings. The van der Waals surface area contributed by atoms with E-state index in [-0.39, 0.29) is 0 Å². The fourth-order valence-corrected chi connectivity index (χ4v) is 3.09. The minimum Gasteiger partial charge on any atom is -0.497 e. The first-order valence-corrected chi connectivity index (χ1v) is 9.23. The van der Waals surface area contributed by atoms with Crippen molar-refractivity contribution in [1.29, 1.82) is 0 Å². The Bertz CT molecular complexity index is 921. The SMILES string of the molecule is COc1cccc(Cn2nc(C)c(NC(=S)NCc3ccccc3)c2C)c1. The number of nitrogens with zero attached hydrogens (tertiary/aromatic N) is 2. The zero-order chi connectivity index (χ0) is 19.2. The Hall–Kier alpha value is -2.86. The Kier molecular flexibility index (Phi) is 6.08. The fraction of sp³-hybridized carbons (Fsp3) is 0.238. The summed E-state index contributed by atoms with van der Waals surface area (Å²) in [6.45, 7) is 5.39. The van der Waals surface area contributed by atoms with Crippen molar-refractivity contribution in [2.24, 2.45) is 0 Å². The molecule has 0 aliphatic heterocycles. The summed E-state index contributed by atoms with van der Waals surface area (Å²) >= 11 is 5.45. The lowest BCUT2D eigenvalue weighted by Gasteiger charge is -2.11. The van der Waals surface area contributed by atoms with Gasteiger partial charge in [0.25, 0.3) is 0 Å². The predicted octanol–water partition coefficient (Wildman–Crippen LogP) is 4.04. The molecule has 0 saturated heterocycles. The van der Waals surface area contributed by atoms with Gasteiger partial charge in [0.1, 0.15) is 5.75 Å². The molecule has 2 N–H and O–H groups in total. The highest BCUT2D eigenvalue weighted by molar-refractivity contribution is 7.80. The van der Waals surface area contributed by atoms with E-state index in [1.807, 2.05) is 54.9 Å². The average Bonchev–Trinajstić information content (AvgIpc) is 2.94. The van der Waals surface area contributed by atoms with E-state index in [0.29, 0.717) is 18.2 Å². The van der Waals surface area contributed by atoms with E-state index >= 15 is 0 Å². The van der Waals surface area contributed by atoms with Crippen molar-refractivity contribution >= 4 is 23.0 Å². The first-order valence-electron chi connectivity index (χ1n) is 8.82. The minimum atomic E-state index is 0.589. The van der Waals surface area contributed by atoms with Gasteiger partial charge in [0.2, 0.25) is 0 Å². The second-order valence-electron chi connectivity index (χ2n) is 6.35. The van der Waals surface area contributed by atoms with Crippen molar-refractivity contribution in [3.8, 4) is 5.75 Å². The van der Waals surface area contributed by atoms with Gasteiger partial charge in [-0.1, -0.05) is 42.5 Å². The lowest BCUT2D eigenvalue weighted by atomic mass is 10.2. The van der Waals surface area contributed by atoms with Crippen molar-refractivity contribution in [3.05, 3.63) is 77.1 Å². The van der Waals surface area contributed by atoms with E-state index in [1.54, 1.807) is 7.11 Å². The fourth-order valence-electron chi connectivity index (χ4n) is 2.91. The number of methoxy groups -OCH3 is 1. The van der Waals surface area contributed by atoms with Crippen LogP contribution >= 0.6 is 12.2 Å². The third kappa shape index (κ3) is 4.86. The van der Waals surface area contributed by atoms with Gasteiger partial charge in [-0.15, -0.1) is 0 Å². The van der Waals surface area contributed by atoms with Crippen LogP contribution < -0.4 is 15.4 Å². The lowest BCUT2D eigenvalue weighted by molar-refractivity contribution is 0.414. The summed E-state index contributed by atoms with van der Waals surface area (Å²) in [5.74, 6) is 0.846. The van der Waals surface area contributed by atoms with E-state index in [4.69, 9.17) is 17.0 Å². The average molecular weight is 381 g/mol. The molecular formula is C21H24N4OS. The Morgan fingerprint density at radius 3 is 2.56 bits per heavy atom. The van der Waals surface area contributed by atoms with Crippen LogP contribution in [0.5, 0.6) is 5.75 Å². The van der Waals surface area contributed by atoms with E-state index in [0.717, 1.165) is 28.4 Å². The summed E-state index contributed by atoms with van der Waals surface area (Å²) in [5, 5.41) is 11.8. The van der Waals surface area contributed by atoms with E-state index in [9.17, 15) is 0 Å². The van der Waals surface area contributed by atoms with Gasteiger partial charge in [0.05, 0.1) is 30.7 Å². The van der Waals surface area contributed by atoms with Crippen LogP contribution in [0.4, 0.5) is 5.69 Å². The number of nitrogens with one attached hydrogen (secondary N) is 2. The Morgan fingerprint density at radius 2 is 1.81 bits per heavy atom. The summed E-state index contributed by atoms with van der Waals surface area (Å²) < 4.78 is 7.28. The second kappa shape index (κ2) is 8.68. The first-order chi connectivity index (χ1) is 13.1. The molecule has 3 aromatic rings. The number of ether oxygens (including phenoxy) is 1. The van der Waals surface area contributed by atoms with Crippen LogP contribution in [-0.4, -0.2) is 22.0 Å². The molecule has 0 bridgehead atoms. The molecule has 3 rings (SSSR count). The molecule has 1 heterocycles. The third-order valence-electron chi connectivity index (χ3n) is 4.38. The number of hydrogen-bond acceptors (Lipinski definition) is 3. The molecular weight excluding hydrogens is 356 g/mol. The van der Waals surface area contributed by atoms with Crippen LogP contribution in [0.3, 0.4) is 0 Å². The van der Waals surface area contributed by atoms with Crippen molar-refractivity contribution in [2.45, 2.75) is 26.9 Å². The molecule has 140 valence electrons. The van der Waals surface area contributed by atoms with Crippen LogP contribution in [0.1, 0.15) is 22.5 Å². The summed E-state index contributed by atoms with van der Waals surface area (Å²) in [7, 11) is 1.67. The summed E-state index contributed by atoms with van der Waals surface area (Å²) in [4.78, 5) is 0. The maximum absolute atomic E-state index is 5.45. The van der Waals surface area contributed by atoms with Crippen LogP contribution in [0.2, 0.25) is 0 Å². The second-order valence-corrected chi connectivity index (χ2v) is 6.76. The van der Waals surface area contributed by atoms with Crippen molar-refractivity contribution in [3.63, 3.8) is 0 Å². The number of aryl methyl sites for hydroxylation is 1. The van der Waals surface area contributed by atoms with Crippen molar-refractivity contribution in [1.82, 2.24) is 15.1 Å². The molecule has 6 heteroatoms. The van der Waals surface area contributed by atoms with Gasteiger partial charge in [0, 0.05) is 6.54 Å². The highest BCUT2D eigenvalue weighted by Gasteiger charge is 2.13. The monoisotopic (exact) mass is 380 g/mol. The standard InChI is InChI=1S/C21H24N4OS/c1-15-20(23-21(27)22-13-17-8-5-4-6-9-17)16(2)25(24-15)14-18-10-7-11-19(12-18)26-3/h4-12H,13-14H2,1-3H3,(H2,22,23,27). The van der Waals surface area contributed by atoms with Crippen LogP contribution in [0.25, 0.3) is 0 Å². The quantitative estimate of drug-likeness (QED) is 0.632. The maximum Gasteiger partial charge on any atom is 0.171 e. The molecule has 0 radical (unpaired) electrons. The van der Waals surface area contributed by atoms with Crippen LogP contribution in [0.15, 0.2) is 54.6 Å². The largest absolute Gasteiger partial charge is 0.497 e. The van der Waals surface area contributed by atoms with Gasteiger partial charge in [-0.3, -0.25) is 4.68 Å². The van der Waals surface area contributed by atoms with Crippen LogP contribution in [0, 0.1) is 13.8 Å². The zero-order valence-electron chi connectivity index (χ0n) is 15.8. The molecule has 0 amide bonds. The molecule has 0 unspecified atom stereocenters. The smallest absolute Gasteiger partial charge is 0.171 e. The molecule has 0 fully saturated rings. The number of anilines is 1. The van der Waals surface area contributed by atoms with Crippen molar-refractivity contribution < 1.29 is 4.74 Å². The molecule has 0 aliphatic carbocycles. The van der Waals surface area contributed by atoms with Gasteiger partial charge in [-0.2, -0.15) is 5.10 Å². The highest BCUT2D eigenvalue weighted by Crippen LogP contribution is 2.21. The number of aromatic nitrogens is 2. The van der Waals surface area contributed by atoms with Gasteiger partial charge >= 0.3 is 0 Å². The van der Waals surface area contributed by atoms with Gasteiger partial charge in [-0.05, 0) is 49.3 Å². The summed E-state index contributed by atoms with van der Waals surface area (Å²) in [5.41, 5.74) is 5.22. The van der Waals surface area contributed by atoms with Crippen LogP contribution in [-0.2, 0) is 13.1 Å². The highest BCUT2D eigenvalue weighted by atomic mass is 32.1. The molecule has 27 heavy (non-hydrogen) atoms. The molecule has 0 atom stereocenters. The lowest BCUT2D eigenvalue weighted by Crippen LogP contribution is -2.28. The maximum atomic E-state index is 5.45. The summed E-state index contributed by atoms with van der Waals surface area (Å²) in [6, 6.07) is 18.2. The number of benzene rings is 2. The topological polar surface area (TPSA) is 51.1 Å². The van der Waals surface area contributed by atoms with E-state index in [2.05, 4.69) is 33.9 Å². The molecule has 0 spiro atoms. The van der Waals surface area contributed by atoms with Gasteiger partial charge in [-0.25, -0.2) is 0 Å². The molecule has 0 saturated carbocycles. The Morgan fingerprint density at radius 1 is 1.07 bits per heavy atom. The first kappa shape index (κ1) is 18.9. The van der Waals surface area contributed by atoms with Crippen molar-refractivity contribution in [2.75, 3.05) is 12.4 Å². The number of hydrogen-bond donors (Lipinski definition) is 2. The number of thiocarbonyl (C=S) groups is 1. The predicted molar refractivity (Wildman–Crippen MR) is 113 cm³/mol. The van der Waals surface area contributed by atoms with E-state index < -0.39 is 0 Å². The Balaban J connectivity index is 1.67.